The maximum Gasteiger partial charge on any atom is 0.694 e. The number of hydrogen-bond donors (Lipinski definition) is 16. The van der Waals surface area contributed by atoms with Crippen LogP contribution >= 0.6 is 39.5 Å². The van der Waals surface area contributed by atoms with Crippen LogP contribution in [-0.4, -0.2) is 247 Å². The molecule has 104 heavy (non-hydrogen) atoms. The molecular weight excluding hydrogens is 1520 g/mol. The Balaban J connectivity index is 0.749. The van der Waals surface area contributed by atoms with Crippen LogP contribution in [0.3, 0.4) is 0 Å². The van der Waals surface area contributed by atoms with Crippen LogP contribution in [0.5, 0.6) is 0 Å². The third kappa shape index (κ3) is 16.2. The van der Waals surface area contributed by atoms with E-state index < -0.39 is 218 Å². The van der Waals surface area contributed by atoms with Crippen LogP contribution in [0.1, 0.15) is 31.1 Å². The predicted octanol–water partition coefficient (Wildman–Crippen LogP) is -6.61. The molecule has 0 bridgehead atoms. The van der Waals surface area contributed by atoms with Crippen molar-refractivity contribution in [2.24, 2.45) is 0 Å². The van der Waals surface area contributed by atoms with Crippen LogP contribution in [0.2, 0.25) is 0 Å². The number of phosphoric ester groups is 4. The van der Waals surface area contributed by atoms with Crippen molar-refractivity contribution in [1.82, 2.24) is 67.7 Å². The van der Waals surface area contributed by atoms with Crippen molar-refractivity contribution >= 4 is 85.1 Å². The minimum atomic E-state index is -5.91. The van der Waals surface area contributed by atoms with Crippen molar-refractivity contribution in [1.29, 1.82) is 0 Å². The number of anilines is 4. The highest BCUT2D eigenvalue weighted by molar-refractivity contribution is 7.48. The molecule has 5 aliphatic heterocycles. The number of nitrogen functional groups attached to an aromatic ring is 4. The van der Waals surface area contributed by atoms with E-state index in [0.29, 0.717) is 13.7 Å². The first-order chi connectivity index (χ1) is 49.1. The first kappa shape index (κ1) is 76.4. The summed E-state index contributed by atoms with van der Waals surface area (Å²) in [5.41, 5.74) is 18.5. The van der Waals surface area contributed by atoms with E-state index in [0.717, 1.165) is 66.7 Å². The quantitative estimate of drug-likeness (QED) is 0.0203. The van der Waals surface area contributed by atoms with Crippen LogP contribution < -0.4 is 45.6 Å². The molecule has 0 amide bonds. The molecule has 0 aromatic carbocycles. The minimum Gasteiger partial charge on any atom is -0.387 e. The number of nitrogens with one attached hydrogen (secondary N) is 1. The van der Waals surface area contributed by atoms with E-state index in [4.69, 9.17) is 87.3 Å². The number of aliphatic hydroxyl groups excluding tert-OH is 6. The Kier molecular flexibility index (Phi) is 22.2. The number of nitrogens with zero attached hydrogens (tertiary/aromatic N) is 13. The molecule has 0 saturated carbocycles. The number of imidazole rings is 2. The average Bonchev–Trinajstić information content (AvgIpc) is 1.64. The van der Waals surface area contributed by atoms with Gasteiger partial charge in [-0.1, -0.05) is 0 Å². The number of H-pyrrole nitrogens is 1. The Morgan fingerprint density at radius 2 is 0.788 bits per heavy atom. The van der Waals surface area contributed by atoms with Crippen molar-refractivity contribution < 1.29 is 142 Å². The van der Waals surface area contributed by atoms with Crippen molar-refractivity contribution in [3.8, 4) is 0 Å². The minimum absolute atomic E-state index is 0.0248. The molecule has 52 nitrogen and oxygen atoms in total. The topological polar surface area (TPSA) is 753 Å². The average molecular weight is 1580 g/mol. The highest BCUT2D eigenvalue weighted by Gasteiger charge is 2.57. The lowest BCUT2D eigenvalue weighted by molar-refractivity contribution is -0.0660. The Labute approximate surface area is 576 Å². The maximum absolute atomic E-state index is 14.2. The summed E-state index contributed by atoms with van der Waals surface area (Å²) < 4.78 is 147. The van der Waals surface area contributed by atoms with E-state index in [1.165, 1.54) is 4.57 Å². The van der Waals surface area contributed by atoms with E-state index in [1.807, 2.05) is 4.98 Å². The fourth-order valence-electron chi connectivity index (χ4n) is 11.5. The van der Waals surface area contributed by atoms with Gasteiger partial charge in [-0.3, -0.25) is 68.8 Å². The van der Waals surface area contributed by atoms with Gasteiger partial charge in [0.15, 0.2) is 54.1 Å². The molecule has 0 spiro atoms. The normalized spacial score (nSPS) is 32.5. The van der Waals surface area contributed by atoms with Crippen LogP contribution in [0, 0.1) is 0 Å². The molecule has 57 heteroatoms. The lowest BCUT2D eigenvalue weighted by Crippen LogP contribution is -2.39. The van der Waals surface area contributed by atoms with Crippen molar-refractivity contribution in [3.63, 3.8) is 0 Å². The third-order valence-corrected chi connectivity index (χ3v) is 20.6. The van der Waals surface area contributed by atoms with Crippen LogP contribution in [0.25, 0.3) is 22.3 Å². The summed E-state index contributed by atoms with van der Waals surface area (Å²) in [6, 6.07) is 2.87. The predicted molar refractivity (Wildman–Crippen MR) is 331 cm³/mol. The molecule has 7 aromatic rings. The van der Waals surface area contributed by atoms with E-state index in [1.54, 1.807) is 0 Å². The lowest BCUT2D eigenvalue weighted by atomic mass is 10.1. The summed E-state index contributed by atoms with van der Waals surface area (Å²) in [6.07, 6.45) is -33.2. The summed E-state index contributed by atoms with van der Waals surface area (Å²) >= 11 is 0. The molecule has 12 heterocycles. The SMILES string of the molecule is Nc1ccn([C@@H]2O[C@H](COP(=O)(O)O[C@H]3[C@@H](O)[C@H](n4ccc(=O)[nH]c4=O)O[C@@H]3COP(=O)(O)O[C@H]3[C@@H](O)[C@H](n4ccc(N)nc4=O)O[C@@H]3COP(=O)(O)O[C@H]3[C@@H](O)[C@H](n4cnc5c(N)ncnc54)O[C@@H]3CO[P+](=O)O)[C@@H](OP(=O)(O)OC[C@H]3O[C@@H](n4cnc5c(N)ncnc54)[C@H](O)[C@@H]3O)[C@H]2O)c(=O)n1. The van der Waals surface area contributed by atoms with Gasteiger partial charge in [-0.2, -0.15) is 9.97 Å². The molecule has 0 aliphatic carbocycles. The van der Waals surface area contributed by atoms with Gasteiger partial charge in [0, 0.05) is 29.2 Å². The van der Waals surface area contributed by atoms with E-state index in [-0.39, 0.29) is 45.6 Å². The van der Waals surface area contributed by atoms with Gasteiger partial charge in [-0.15, -0.1) is 9.42 Å². The number of aromatic nitrogens is 14. The Bertz CT molecular complexity index is 4810. The first-order valence-electron chi connectivity index (χ1n) is 29.7. The second-order valence-corrected chi connectivity index (χ2v) is 29.3. The van der Waals surface area contributed by atoms with Gasteiger partial charge < -0.3 is 96.8 Å². The number of ether oxygens (including phenoxy) is 5. The number of phosphoric acid groups is 4. The number of fused-ring (bicyclic) bond motifs is 2. The Morgan fingerprint density at radius 3 is 1.16 bits per heavy atom. The summed E-state index contributed by atoms with van der Waals surface area (Å²) in [7, 11) is -26.5. The number of aliphatic hydroxyl groups is 6. The first-order valence-corrected chi connectivity index (χ1v) is 36.8. The number of aromatic amines is 1. The van der Waals surface area contributed by atoms with Gasteiger partial charge in [0.05, 0.1) is 39.1 Å². The second-order valence-electron chi connectivity index (χ2n) is 22.9. The molecule has 5 aliphatic rings. The maximum atomic E-state index is 14.2. The van der Waals surface area contributed by atoms with Crippen molar-refractivity contribution in [2.75, 3.05) is 56.0 Å². The van der Waals surface area contributed by atoms with Crippen LogP contribution in [-0.2, 0) is 87.2 Å². The van der Waals surface area contributed by atoms with Crippen LogP contribution in [0.15, 0.2) is 81.3 Å². The molecule has 25 atom stereocenters. The monoisotopic (exact) mass is 1580 g/mol. The van der Waals surface area contributed by atoms with Crippen LogP contribution in [0.4, 0.5) is 23.3 Å². The fraction of sp³-hybridized carbons (Fsp3) is 0.532. The lowest BCUT2D eigenvalue weighted by Gasteiger charge is -2.27. The third-order valence-electron chi connectivity index (χ3n) is 16.3. The molecule has 20 N–H and O–H groups in total. The summed E-state index contributed by atoms with van der Waals surface area (Å²) in [4.78, 5) is 139. The van der Waals surface area contributed by atoms with Gasteiger partial charge in [-0.05, 0) is 12.1 Å². The molecule has 0 radical (unpaired) electrons. The van der Waals surface area contributed by atoms with Gasteiger partial charge >= 0.3 is 56.6 Å². The summed E-state index contributed by atoms with van der Waals surface area (Å²) in [6.45, 7) is -6.06. The second kappa shape index (κ2) is 30.2. The Morgan fingerprint density at radius 1 is 0.452 bits per heavy atom. The molecule has 566 valence electrons. The number of nitrogens with two attached hydrogens (primary N) is 4. The van der Waals surface area contributed by atoms with Gasteiger partial charge in [0.25, 0.3) is 5.56 Å². The zero-order valence-corrected chi connectivity index (χ0v) is 56.5. The number of rotatable bonds is 28. The van der Waals surface area contributed by atoms with Gasteiger partial charge in [0.1, 0.15) is 133 Å². The van der Waals surface area contributed by atoms with Gasteiger partial charge in [-0.25, -0.2) is 62.5 Å². The van der Waals surface area contributed by atoms with Gasteiger partial charge in [0.2, 0.25) is 0 Å². The molecule has 5 fully saturated rings. The molecule has 7 aromatic heterocycles. The van der Waals surface area contributed by atoms with E-state index in [2.05, 4.69) is 39.9 Å². The highest BCUT2D eigenvalue weighted by atomic mass is 31.2. The molecular formula is C47H60N18O34P5+. The number of hydrogen-bond acceptors (Lipinski definition) is 41. The highest BCUT2D eigenvalue weighted by Crippen LogP contribution is 2.55. The molecule has 5 saturated heterocycles. The van der Waals surface area contributed by atoms with Crippen molar-refractivity contribution in [3.05, 3.63) is 104 Å². The standard InChI is InChI=1S/C47H59N18O34P5/c48-21-1-4-61(45(73)58-21)41-28(69)33(97-101(78,79)87-8-16-26(67)27(68)40(91-16)64-14-56-24-36(50)52-12-54-38(24)64)18(93-41)10-89-104(84,85)99-35-20(95-43(30(35)71)63-6-3-23(66)60-47(63)75)11-90-103(82,83)98-34-19(94-42(29(34)70)62-5-2-22(49)59-46(62)74)9-88-102(80,81)96-32-17(7-86-100(76)77)92-44(31(32)72)65-15-57-25-37(51)53-13-55-39(25)65/h1-6,12-20,26-35,40-44,67-72H,7-11H2,(H13-,48,49,50,51,52,53,54,55,58,59,60,66,73,74,75,76,77,78,79,80,81,82,83,84,85)/p+1/t16-,17-,18-,19-,20-,26-,27-,28-,29-,30-,31-,32-,33-,34-,35-,40-,41-,42-,43-,44-/m1/s1. The van der Waals surface area contributed by atoms with E-state index in [9.17, 15) is 97.1 Å². The zero-order valence-electron chi connectivity index (χ0n) is 52.0. The smallest absolute Gasteiger partial charge is 0.387 e. The largest absolute Gasteiger partial charge is 0.694 e. The fourth-order valence-corrected chi connectivity index (χ4v) is 15.6. The molecule has 12 rings (SSSR count). The van der Waals surface area contributed by atoms with E-state index >= 15 is 0 Å². The summed E-state index contributed by atoms with van der Waals surface area (Å²) in [5, 5.41) is 68.4. The zero-order chi connectivity index (χ0) is 74.8. The summed E-state index contributed by atoms with van der Waals surface area (Å²) in [5.74, 6) is -0.815. The van der Waals surface area contributed by atoms with Crippen molar-refractivity contribution in [2.45, 2.75) is 123 Å². The molecule has 5 unspecified atom stereocenters. The Hall–Kier alpha value is -7.24.